The number of fused-ring (bicyclic) bond motifs is 1. The molecular formula is C14H20N2O3S. The molecule has 0 spiro atoms. The maximum Gasteiger partial charge on any atom is 0.208 e. The van der Waals surface area contributed by atoms with Crippen molar-refractivity contribution in [2.45, 2.75) is 19.9 Å². The van der Waals surface area contributed by atoms with E-state index in [1.807, 2.05) is 38.1 Å². The lowest BCUT2D eigenvalue weighted by Crippen LogP contribution is -2.32. The molecule has 0 radical (unpaired) electrons. The number of aryl methyl sites for hydroxylation is 1. The number of nitrogens with one attached hydrogen (secondary N) is 2. The molecular weight excluding hydrogens is 276 g/mol. The molecule has 2 N–H and O–H groups in total. The fraction of sp³-hybridized carbons (Fsp3) is 0.429. The number of para-hydroxylation sites is 1. The third kappa shape index (κ3) is 3.59. The van der Waals surface area contributed by atoms with Gasteiger partial charge in [-0.1, -0.05) is 18.2 Å². The Hall–Kier alpha value is -1.37. The standard InChI is InChI=1S/C14H20N2O3S/c1-10-12-6-4-5-7-13(12)19-14(10)11(2)15-8-9-16-20(3,17)18/h4-7,11,15-16H,8-9H2,1-3H3. The van der Waals surface area contributed by atoms with Crippen LogP contribution >= 0.6 is 0 Å². The van der Waals surface area contributed by atoms with E-state index < -0.39 is 10.0 Å². The van der Waals surface area contributed by atoms with Gasteiger partial charge < -0.3 is 9.73 Å². The highest BCUT2D eigenvalue weighted by Gasteiger charge is 2.15. The van der Waals surface area contributed by atoms with Crippen LogP contribution in [0.4, 0.5) is 0 Å². The van der Waals surface area contributed by atoms with E-state index in [1.54, 1.807) is 0 Å². The van der Waals surface area contributed by atoms with Crippen LogP contribution in [0, 0.1) is 6.92 Å². The molecule has 0 saturated heterocycles. The summed E-state index contributed by atoms with van der Waals surface area (Å²) >= 11 is 0. The van der Waals surface area contributed by atoms with Gasteiger partial charge in [0, 0.05) is 18.5 Å². The SMILES string of the molecule is Cc1c(C(C)NCCNS(C)(=O)=O)oc2ccccc12. The third-order valence-electron chi connectivity index (χ3n) is 3.21. The van der Waals surface area contributed by atoms with Gasteiger partial charge in [0.25, 0.3) is 0 Å². The van der Waals surface area contributed by atoms with Crippen LogP contribution in [0.1, 0.15) is 24.3 Å². The summed E-state index contributed by atoms with van der Waals surface area (Å²) in [5.74, 6) is 0.894. The van der Waals surface area contributed by atoms with E-state index in [9.17, 15) is 8.42 Å². The van der Waals surface area contributed by atoms with Crippen molar-refractivity contribution < 1.29 is 12.8 Å². The monoisotopic (exact) mass is 296 g/mol. The highest BCUT2D eigenvalue weighted by molar-refractivity contribution is 7.88. The molecule has 5 nitrogen and oxygen atoms in total. The van der Waals surface area contributed by atoms with Crippen molar-refractivity contribution in [3.8, 4) is 0 Å². The average Bonchev–Trinajstić information content (AvgIpc) is 2.72. The molecule has 1 aromatic heterocycles. The van der Waals surface area contributed by atoms with Crippen LogP contribution in [0.25, 0.3) is 11.0 Å². The van der Waals surface area contributed by atoms with Crippen LogP contribution in [0.5, 0.6) is 0 Å². The second-order valence-electron chi connectivity index (χ2n) is 4.93. The Morgan fingerprint density at radius 1 is 1.25 bits per heavy atom. The van der Waals surface area contributed by atoms with Crippen LogP contribution in [-0.2, 0) is 10.0 Å². The fourth-order valence-electron chi connectivity index (χ4n) is 2.22. The molecule has 110 valence electrons. The highest BCUT2D eigenvalue weighted by atomic mass is 32.2. The smallest absolute Gasteiger partial charge is 0.208 e. The zero-order valence-electron chi connectivity index (χ0n) is 11.9. The first kappa shape index (κ1) is 15.0. The largest absolute Gasteiger partial charge is 0.459 e. The molecule has 0 amide bonds. The minimum atomic E-state index is -3.13. The van der Waals surface area contributed by atoms with Gasteiger partial charge in [-0.2, -0.15) is 0 Å². The van der Waals surface area contributed by atoms with Gasteiger partial charge in [0.2, 0.25) is 10.0 Å². The lowest BCUT2D eigenvalue weighted by molar-refractivity contribution is 0.449. The molecule has 1 atom stereocenters. The Kier molecular flexibility index (Phi) is 4.47. The second-order valence-corrected chi connectivity index (χ2v) is 6.76. The van der Waals surface area contributed by atoms with Gasteiger partial charge in [-0.3, -0.25) is 0 Å². The molecule has 1 heterocycles. The maximum atomic E-state index is 11.0. The van der Waals surface area contributed by atoms with Crippen LogP contribution in [0.2, 0.25) is 0 Å². The number of benzene rings is 1. The van der Waals surface area contributed by atoms with Crippen LogP contribution in [0.3, 0.4) is 0 Å². The zero-order valence-corrected chi connectivity index (χ0v) is 12.8. The number of hydrogen-bond acceptors (Lipinski definition) is 4. The van der Waals surface area contributed by atoms with Crippen molar-refractivity contribution in [3.05, 3.63) is 35.6 Å². The van der Waals surface area contributed by atoms with Crippen LogP contribution in [-0.4, -0.2) is 27.8 Å². The molecule has 2 rings (SSSR count). The number of sulfonamides is 1. The summed E-state index contributed by atoms with van der Waals surface area (Å²) < 4.78 is 30.2. The molecule has 0 aliphatic rings. The summed E-state index contributed by atoms with van der Waals surface area (Å²) in [7, 11) is -3.13. The van der Waals surface area contributed by atoms with Crippen molar-refractivity contribution in [2.24, 2.45) is 0 Å². The predicted octanol–water partition coefficient (Wildman–Crippen LogP) is 1.94. The van der Waals surface area contributed by atoms with Crippen molar-refractivity contribution >= 4 is 21.0 Å². The number of furan rings is 1. The van der Waals surface area contributed by atoms with Gasteiger partial charge >= 0.3 is 0 Å². The van der Waals surface area contributed by atoms with E-state index in [2.05, 4.69) is 10.0 Å². The van der Waals surface area contributed by atoms with Gasteiger partial charge in [-0.15, -0.1) is 0 Å². The molecule has 2 aromatic rings. The second kappa shape index (κ2) is 5.95. The quantitative estimate of drug-likeness (QED) is 0.799. The van der Waals surface area contributed by atoms with Crippen molar-refractivity contribution in [2.75, 3.05) is 19.3 Å². The minimum Gasteiger partial charge on any atom is -0.459 e. The van der Waals surface area contributed by atoms with Gasteiger partial charge in [0.15, 0.2) is 0 Å². The predicted molar refractivity (Wildman–Crippen MR) is 80.2 cm³/mol. The van der Waals surface area contributed by atoms with Gasteiger partial charge in [-0.05, 0) is 25.5 Å². The Balaban J connectivity index is 2.01. The fourth-order valence-corrected chi connectivity index (χ4v) is 2.70. The van der Waals surface area contributed by atoms with E-state index in [0.717, 1.165) is 28.5 Å². The van der Waals surface area contributed by atoms with Gasteiger partial charge in [-0.25, -0.2) is 13.1 Å². The molecule has 6 heteroatoms. The Bertz CT molecular complexity index is 692. The molecule has 1 unspecified atom stereocenters. The summed E-state index contributed by atoms with van der Waals surface area (Å²) in [5, 5.41) is 4.37. The molecule has 0 saturated carbocycles. The number of rotatable bonds is 6. The first-order valence-corrected chi connectivity index (χ1v) is 8.43. The topological polar surface area (TPSA) is 71.3 Å². The summed E-state index contributed by atoms with van der Waals surface area (Å²) in [4.78, 5) is 0. The van der Waals surface area contributed by atoms with Crippen LogP contribution < -0.4 is 10.0 Å². The van der Waals surface area contributed by atoms with E-state index in [-0.39, 0.29) is 6.04 Å². The summed E-state index contributed by atoms with van der Waals surface area (Å²) in [6.07, 6.45) is 1.15. The summed E-state index contributed by atoms with van der Waals surface area (Å²) in [5.41, 5.74) is 2.00. The summed E-state index contributed by atoms with van der Waals surface area (Å²) in [6.45, 7) is 4.95. The lowest BCUT2D eigenvalue weighted by Gasteiger charge is -2.12. The van der Waals surface area contributed by atoms with Gasteiger partial charge in [0.1, 0.15) is 11.3 Å². The third-order valence-corrected chi connectivity index (χ3v) is 3.94. The summed E-state index contributed by atoms with van der Waals surface area (Å²) in [6, 6.07) is 7.95. The molecule has 0 aliphatic heterocycles. The Morgan fingerprint density at radius 2 is 1.95 bits per heavy atom. The van der Waals surface area contributed by atoms with E-state index in [1.165, 1.54) is 0 Å². The normalized spacial score (nSPS) is 13.8. The highest BCUT2D eigenvalue weighted by Crippen LogP contribution is 2.28. The molecule has 0 aliphatic carbocycles. The Morgan fingerprint density at radius 3 is 2.60 bits per heavy atom. The minimum absolute atomic E-state index is 0.0313. The van der Waals surface area contributed by atoms with Gasteiger partial charge in [0.05, 0.1) is 12.3 Å². The van der Waals surface area contributed by atoms with Crippen LogP contribution in [0.15, 0.2) is 28.7 Å². The first-order chi connectivity index (χ1) is 9.38. The molecule has 0 bridgehead atoms. The van der Waals surface area contributed by atoms with Crippen molar-refractivity contribution in [3.63, 3.8) is 0 Å². The van der Waals surface area contributed by atoms with Crippen molar-refractivity contribution in [1.82, 2.24) is 10.0 Å². The maximum absolute atomic E-state index is 11.0. The van der Waals surface area contributed by atoms with E-state index >= 15 is 0 Å². The van der Waals surface area contributed by atoms with Crippen molar-refractivity contribution in [1.29, 1.82) is 0 Å². The molecule has 20 heavy (non-hydrogen) atoms. The van der Waals surface area contributed by atoms with E-state index in [4.69, 9.17) is 4.42 Å². The Labute approximate surface area is 119 Å². The molecule has 1 aromatic carbocycles. The lowest BCUT2D eigenvalue weighted by atomic mass is 10.1. The number of hydrogen-bond donors (Lipinski definition) is 2. The average molecular weight is 296 g/mol. The zero-order chi connectivity index (χ0) is 14.8. The molecule has 0 fully saturated rings. The first-order valence-electron chi connectivity index (χ1n) is 6.54. The van der Waals surface area contributed by atoms with E-state index in [0.29, 0.717) is 13.1 Å².